The van der Waals surface area contributed by atoms with Gasteiger partial charge >= 0.3 is 0 Å². The first kappa shape index (κ1) is 20.9. The first-order chi connectivity index (χ1) is 16.1. The van der Waals surface area contributed by atoms with Crippen LogP contribution >= 0.6 is 0 Å². The first-order valence-electron chi connectivity index (χ1n) is 11.0. The zero-order valence-corrected chi connectivity index (χ0v) is 18.0. The van der Waals surface area contributed by atoms with Gasteiger partial charge in [0.25, 0.3) is 5.91 Å². The van der Waals surface area contributed by atoms with Crippen LogP contribution in [-0.4, -0.2) is 36.5 Å². The highest BCUT2D eigenvalue weighted by Gasteiger charge is 2.31. The lowest BCUT2D eigenvalue weighted by molar-refractivity contribution is 0.0735. The minimum atomic E-state index is -0.485. The Morgan fingerprint density at radius 1 is 0.848 bits per heavy atom. The number of amides is 2. The van der Waals surface area contributed by atoms with Crippen molar-refractivity contribution in [3.8, 4) is 23.0 Å². The Morgan fingerprint density at radius 2 is 1.48 bits per heavy atom. The van der Waals surface area contributed by atoms with Crippen molar-refractivity contribution in [2.24, 2.45) is 5.73 Å². The lowest BCUT2D eigenvalue weighted by atomic mass is 10.0. The highest BCUT2D eigenvalue weighted by molar-refractivity contribution is 5.95. The van der Waals surface area contributed by atoms with Gasteiger partial charge in [0.15, 0.2) is 11.5 Å². The van der Waals surface area contributed by atoms with E-state index in [0.29, 0.717) is 42.4 Å². The summed E-state index contributed by atoms with van der Waals surface area (Å²) >= 11 is 0. The van der Waals surface area contributed by atoms with Crippen molar-refractivity contribution in [2.75, 3.05) is 19.8 Å². The number of carbonyl (C=O) groups excluding carboxylic acids is 2. The van der Waals surface area contributed by atoms with Gasteiger partial charge < -0.3 is 24.8 Å². The van der Waals surface area contributed by atoms with E-state index in [-0.39, 0.29) is 11.9 Å². The van der Waals surface area contributed by atoms with Crippen molar-refractivity contribution in [1.82, 2.24) is 4.90 Å². The smallest absolute Gasteiger partial charge is 0.254 e. The van der Waals surface area contributed by atoms with E-state index in [2.05, 4.69) is 0 Å². The molecule has 7 nitrogen and oxygen atoms in total. The minimum absolute atomic E-state index is 0.00743. The fourth-order valence-corrected chi connectivity index (χ4v) is 4.28. The molecular weight excluding hydrogens is 420 g/mol. The van der Waals surface area contributed by atoms with Crippen LogP contribution in [0.2, 0.25) is 0 Å². The number of likely N-dealkylation sites (tertiary alicyclic amines) is 1. The van der Waals surface area contributed by atoms with Crippen LogP contribution in [0.25, 0.3) is 0 Å². The molecule has 168 valence electrons. The Labute approximate surface area is 191 Å². The zero-order chi connectivity index (χ0) is 22.8. The molecule has 3 aromatic carbocycles. The summed E-state index contributed by atoms with van der Waals surface area (Å²) in [7, 11) is 0. The van der Waals surface area contributed by atoms with E-state index < -0.39 is 5.91 Å². The number of ether oxygens (including phenoxy) is 3. The molecule has 2 aliphatic rings. The Kier molecular flexibility index (Phi) is 5.60. The van der Waals surface area contributed by atoms with Gasteiger partial charge in [0, 0.05) is 17.7 Å². The highest BCUT2D eigenvalue weighted by Crippen LogP contribution is 2.38. The Morgan fingerprint density at radius 3 is 2.15 bits per heavy atom. The third-order valence-electron chi connectivity index (χ3n) is 5.94. The molecule has 5 rings (SSSR count). The number of nitrogens with two attached hydrogens (primary N) is 1. The number of hydrogen-bond donors (Lipinski definition) is 1. The van der Waals surface area contributed by atoms with Crippen LogP contribution in [0, 0.1) is 0 Å². The fraction of sp³-hybridized carbons (Fsp3) is 0.231. The Hall–Kier alpha value is -4.00. The summed E-state index contributed by atoms with van der Waals surface area (Å²) in [4.78, 5) is 26.4. The maximum absolute atomic E-state index is 13.3. The lowest BCUT2D eigenvalue weighted by Gasteiger charge is -2.27. The second-order valence-electron chi connectivity index (χ2n) is 8.07. The molecule has 0 saturated carbocycles. The quantitative estimate of drug-likeness (QED) is 0.633. The average Bonchev–Trinajstić information content (AvgIpc) is 3.34. The number of primary amides is 1. The van der Waals surface area contributed by atoms with Crippen molar-refractivity contribution in [3.63, 3.8) is 0 Å². The van der Waals surface area contributed by atoms with Crippen LogP contribution in [0.4, 0.5) is 0 Å². The molecule has 1 saturated heterocycles. The number of benzene rings is 3. The van der Waals surface area contributed by atoms with Gasteiger partial charge in [-0.3, -0.25) is 9.59 Å². The van der Waals surface area contributed by atoms with E-state index in [4.69, 9.17) is 19.9 Å². The van der Waals surface area contributed by atoms with Crippen molar-refractivity contribution in [2.45, 2.75) is 18.9 Å². The van der Waals surface area contributed by atoms with E-state index in [1.807, 2.05) is 23.1 Å². The highest BCUT2D eigenvalue weighted by atomic mass is 16.6. The van der Waals surface area contributed by atoms with Crippen molar-refractivity contribution in [3.05, 3.63) is 83.4 Å². The van der Waals surface area contributed by atoms with Gasteiger partial charge in [0.1, 0.15) is 24.7 Å². The Bertz CT molecular complexity index is 1170. The predicted molar refractivity (Wildman–Crippen MR) is 122 cm³/mol. The van der Waals surface area contributed by atoms with Crippen LogP contribution in [0.1, 0.15) is 45.2 Å². The second-order valence-corrected chi connectivity index (χ2v) is 8.07. The number of rotatable bonds is 5. The van der Waals surface area contributed by atoms with Gasteiger partial charge in [-0.25, -0.2) is 0 Å². The molecule has 33 heavy (non-hydrogen) atoms. The summed E-state index contributed by atoms with van der Waals surface area (Å²) in [5, 5.41) is 0. The molecule has 2 amide bonds. The van der Waals surface area contributed by atoms with Gasteiger partial charge in [0.2, 0.25) is 5.91 Å². The number of fused-ring (bicyclic) bond motifs is 1. The van der Waals surface area contributed by atoms with Crippen LogP contribution in [0.3, 0.4) is 0 Å². The molecule has 2 N–H and O–H groups in total. The number of nitrogens with zero attached hydrogens (tertiary/aromatic N) is 1. The molecule has 2 aliphatic heterocycles. The third-order valence-corrected chi connectivity index (χ3v) is 5.94. The van der Waals surface area contributed by atoms with E-state index in [1.54, 1.807) is 48.5 Å². The van der Waals surface area contributed by atoms with Crippen LogP contribution in [-0.2, 0) is 0 Å². The molecule has 1 unspecified atom stereocenters. The Balaban J connectivity index is 1.29. The predicted octanol–water partition coefficient (Wildman–Crippen LogP) is 4.33. The van der Waals surface area contributed by atoms with Crippen molar-refractivity contribution >= 4 is 11.8 Å². The molecule has 0 spiro atoms. The molecule has 2 heterocycles. The summed E-state index contributed by atoms with van der Waals surface area (Å²) in [5.74, 6) is 2.18. The van der Waals surface area contributed by atoms with E-state index >= 15 is 0 Å². The zero-order valence-electron chi connectivity index (χ0n) is 18.0. The molecule has 1 fully saturated rings. The van der Waals surface area contributed by atoms with Crippen LogP contribution in [0.5, 0.6) is 23.0 Å². The molecule has 0 bridgehead atoms. The van der Waals surface area contributed by atoms with Crippen molar-refractivity contribution in [1.29, 1.82) is 0 Å². The van der Waals surface area contributed by atoms with Crippen LogP contribution in [0.15, 0.2) is 66.7 Å². The normalized spacial score (nSPS) is 17.0. The standard InChI is InChI=1S/C26H24N2O5/c27-25(29)17-3-8-20(9-4-17)33-21-10-5-18(6-11-21)26(30)28-13-1-2-22(28)19-7-12-23-24(16-19)32-15-14-31-23/h3-12,16,22H,1-2,13-15H2,(H2,27,29). The first-order valence-corrected chi connectivity index (χ1v) is 11.0. The van der Waals surface area contributed by atoms with E-state index in [0.717, 1.165) is 29.9 Å². The summed E-state index contributed by atoms with van der Waals surface area (Å²) < 4.78 is 17.1. The molecule has 7 heteroatoms. The number of carbonyl (C=O) groups is 2. The SMILES string of the molecule is NC(=O)c1ccc(Oc2ccc(C(=O)N3CCCC3c3ccc4c(c3)OCCO4)cc2)cc1. The molecular formula is C26H24N2O5. The van der Waals surface area contributed by atoms with Gasteiger partial charge in [-0.1, -0.05) is 6.07 Å². The third kappa shape index (κ3) is 4.35. The molecule has 0 radical (unpaired) electrons. The van der Waals surface area contributed by atoms with Gasteiger partial charge in [0.05, 0.1) is 6.04 Å². The number of hydrogen-bond acceptors (Lipinski definition) is 5. The summed E-state index contributed by atoms with van der Waals surface area (Å²) in [6.07, 6.45) is 1.86. The summed E-state index contributed by atoms with van der Waals surface area (Å²) in [5.41, 5.74) is 7.35. The maximum Gasteiger partial charge on any atom is 0.254 e. The minimum Gasteiger partial charge on any atom is -0.486 e. The van der Waals surface area contributed by atoms with Crippen molar-refractivity contribution < 1.29 is 23.8 Å². The van der Waals surface area contributed by atoms with Gasteiger partial charge in [-0.15, -0.1) is 0 Å². The van der Waals surface area contributed by atoms with Gasteiger partial charge in [-0.05, 0) is 79.1 Å². The lowest BCUT2D eigenvalue weighted by Crippen LogP contribution is -2.30. The average molecular weight is 444 g/mol. The topological polar surface area (TPSA) is 91.1 Å². The van der Waals surface area contributed by atoms with E-state index in [9.17, 15) is 9.59 Å². The largest absolute Gasteiger partial charge is 0.486 e. The molecule has 3 aromatic rings. The second kappa shape index (κ2) is 8.86. The fourth-order valence-electron chi connectivity index (χ4n) is 4.28. The van der Waals surface area contributed by atoms with E-state index in [1.165, 1.54) is 0 Å². The summed E-state index contributed by atoms with van der Waals surface area (Å²) in [6, 6.07) is 19.6. The molecule has 0 aromatic heterocycles. The summed E-state index contributed by atoms with van der Waals surface area (Å²) in [6.45, 7) is 1.80. The van der Waals surface area contributed by atoms with Gasteiger partial charge in [-0.2, -0.15) is 0 Å². The molecule has 0 aliphatic carbocycles. The van der Waals surface area contributed by atoms with Crippen LogP contribution < -0.4 is 19.9 Å². The maximum atomic E-state index is 13.3. The monoisotopic (exact) mass is 444 g/mol. The molecule has 1 atom stereocenters.